The van der Waals surface area contributed by atoms with Gasteiger partial charge in [0.25, 0.3) is 0 Å². The number of methoxy groups -OCH3 is 1. The zero-order chi connectivity index (χ0) is 13.6. The number of para-hydroxylation sites is 1. The molecule has 0 aliphatic rings. The van der Waals surface area contributed by atoms with Crippen LogP contribution in [0.3, 0.4) is 0 Å². The minimum Gasteiger partial charge on any atom is -0.385 e. The molecular formula is C15H26N2O. The highest BCUT2D eigenvalue weighted by molar-refractivity contribution is 5.55. The van der Waals surface area contributed by atoms with Gasteiger partial charge in [-0.15, -0.1) is 0 Å². The van der Waals surface area contributed by atoms with Gasteiger partial charge < -0.3 is 15.4 Å². The maximum atomic E-state index is 6.01. The lowest BCUT2D eigenvalue weighted by atomic mass is 9.94. The van der Waals surface area contributed by atoms with Gasteiger partial charge in [0.05, 0.1) is 5.54 Å². The van der Waals surface area contributed by atoms with Crippen molar-refractivity contribution in [2.24, 2.45) is 5.73 Å². The molecule has 0 saturated heterocycles. The van der Waals surface area contributed by atoms with Gasteiger partial charge >= 0.3 is 0 Å². The number of nitrogens with two attached hydrogens (primary N) is 1. The third-order valence-electron chi connectivity index (χ3n) is 3.66. The molecule has 0 amide bonds. The Morgan fingerprint density at radius 2 is 2.00 bits per heavy atom. The Balaban J connectivity index is 3.03. The monoisotopic (exact) mass is 250 g/mol. The van der Waals surface area contributed by atoms with E-state index in [0.717, 1.165) is 19.6 Å². The molecule has 0 aliphatic carbocycles. The number of nitrogens with zero attached hydrogens (tertiary/aromatic N) is 1. The molecule has 0 saturated carbocycles. The molecular weight excluding hydrogens is 224 g/mol. The molecule has 1 aromatic carbocycles. The summed E-state index contributed by atoms with van der Waals surface area (Å²) in [5.74, 6) is 0. The molecule has 0 radical (unpaired) electrons. The zero-order valence-corrected chi connectivity index (χ0v) is 12.1. The number of ether oxygens (including phenoxy) is 1. The van der Waals surface area contributed by atoms with Crippen LogP contribution in [0.4, 0.5) is 5.69 Å². The molecule has 1 aromatic rings. The molecule has 0 aromatic heterocycles. The molecule has 1 atom stereocenters. The summed E-state index contributed by atoms with van der Waals surface area (Å²) >= 11 is 0. The second-order valence-corrected chi connectivity index (χ2v) is 4.97. The van der Waals surface area contributed by atoms with Crippen LogP contribution in [0.25, 0.3) is 0 Å². The van der Waals surface area contributed by atoms with Gasteiger partial charge in [0, 0.05) is 32.5 Å². The van der Waals surface area contributed by atoms with Crippen LogP contribution < -0.4 is 10.6 Å². The summed E-state index contributed by atoms with van der Waals surface area (Å²) in [7, 11) is 1.74. The third-order valence-corrected chi connectivity index (χ3v) is 3.66. The summed E-state index contributed by atoms with van der Waals surface area (Å²) in [4.78, 5) is 2.39. The summed E-state index contributed by atoms with van der Waals surface area (Å²) in [5.41, 5.74) is 8.51. The first-order valence-corrected chi connectivity index (χ1v) is 6.61. The second-order valence-electron chi connectivity index (χ2n) is 4.97. The maximum Gasteiger partial charge on any atom is 0.0517 e. The average molecular weight is 250 g/mol. The fourth-order valence-electron chi connectivity index (χ4n) is 2.38. The smallest absolute Gasteiger partial charge is 0.0517 e. The van der Waals surface area contributed by atoms with Crippen LogP contribution in [0.15, 0.2) is 24.3 Å². The van der Waals surface area contributed by atoms with E-state index in [4.69, 9.17) is 10.5 Å². The Morgan fingerprint density at radius 3 is 2.50 bits per heavy atom. The van der Waals surface area contributed by atoms with Gasteiger partial charge in [-0.1, -0.05) is 18.2 Å². The average Bonchev–Trinajstić information content (AvgIpc) is 2.39. The van der Waals surface area contributed by atoms with E-state index in [1.165, 1.54) is 11.3 Å². The summed E-state index contributed by atoms with van der Waals surface area (Å²) < 4.78 is 5.22. The van der Waals surface area contributed by atoms with Gasteiger partial charge in [0.15, 0.2) is 0 Å². The number of hydrogen-bond acceptors (Lipinski definition) is 3. The van der Waals surface area contributed by atoms with Crippen molar-refractivity contribution in [3.63, 3.8) is 0 Å². The maximum absolute atomic E-state index is 6.01. The van der Waals surface area contributed by atoms with Gasteiger partial charge in [-0.25, -0.2) is 0 Å². The first-order chi connectivity index (χ1) is 8.59. The minimum atomic E-state index is -0.0587. The predicted molar refractivity (Wildman–Crippen MR) is 78.2 cm³/mol. The summed E-state index contributed by atoms with van der Waals surface area (Å²) in [6, 6.07) is 8.46. The Bertz CT molecular complexity index is 367. The molecule has 0 bridgehead atoms. The topological polar surface area (TPSA) is 38.5 Å². The Hall–Kier alpha value is -1.06. The van der Waals surface area contributed by atoms with E-state index in [1.807, 2.05) is 0 Å². The number of rotatable bonds is 7. The van der Waals surface area contributed by atoms with E-state index in [-0.39, 0.29) is 5.54 Å². The van der Waals surface area contributed by atoms with E-state index in [1.54, 1.807) is 7.11 Å². The summed E-state index contributed by atoms with van der Waals surface area (Å²) in [5, 5.41) is 0. The van der Waals surface area contributed by atoms with Crippen LogP contribution in [0.5, 0.6) is 0 Å². The quantitative estimate of drug-likeness (QED) is 0.808. The largest absolute Gasteiger partial charge is 0.385 e. The molecule has 18 heavy (non-hydrogen) atoms. The summed E-state index contributed by atoms with van der Waals surface area (Å²) in [6.07, 6.45) is 0.933. The lowest BCUT2D eigenvalue weighted by molar-refractivity contribution is 0.170. The number of hydrogen-bond donors (Lipinski definition) is 1. The first-order valence-electron chi connectivity index (χ1n) is 6.61. The molecule has 102 valence electrons. The van der Waals surface area contributed by atoms with Crippen LogP contribution in [0.1, 0.15) is 25.8 Å². The standard InChI is InChI=1S/C15H26N2O/c1-5-17(14-9-7-6-8-13(14)2)15(3,12-16)10-11-18-4/h6-9H,5,10-12,16H2,1-4H3. The molecule has 0 aliphatic heterocycles. The van der Waals surface area contributed by atoms with Crippen molar-refractivity contribution in [2.75, 3.05) is 31.7 Å². The van der Waals surface area contributed by atoms with E-state index in [9.17, 15) is 0 Å². The van der Waals surface area contributed by atoms with Gasteiger partial charge in [0.2, 0.25) is 0 Å². The number of likely N-dealkylation sites (N-methyl/N-ethyl adjacent to an activating group) is 1. The van der Waals surface area contributed by atoms with Gasteiger partial charge in [-0.3, -0.25) is 0 Å². The second kappa shape index (κ2) is 6.76. The van der Waals surface area contributed by atoms with Crippen molar-refractivity contribution >= 4 is 5.69 Å². The number of benzene rings is 1. The van der Waals surface area contributed by atoms with Crippen LogP contribution in [-0.4, -0.2) is 32.3 Å². The lowest BCUT2D eigenvalue weighted by Crippen LogP contribution is -2.52. The van der Waals surface area contributed by atoms with Crippen molar-refractivity contribution in [2.45, 2.75) is 32.7 Å². The molecule has 1 rings (SSSR count). The van der Waals surface area contributed by atoms with Gasteiger partial charge in [0.1, 0.15) is 0 Å². The predicted octanol–water partition coefficient (Wildman–Crippen LogP) is 2.58. The van der Waals surface area contributed by atoms with Crippen molar-refractivity contribution in [3.8, 4) is 0 Å². The van der Waals surface area contributed by atoms with Crippen LogP contribution in [0, 0.1) is 6.92 Å². The van der Waals surface area contributed by atoms with E-state index in [2.05, 4.69) is 49.9 Å². The highest BCUT2D eigenvalue weighted by Crippen LogP contribution is 2.28. The van der Waals surface area contributed by atoms with E-state index in [0.29, 0.717) is 6.54 Å². The fraction of sp³-hybridized carbons (Fsp3) is 0.600. The SMILES string of the molecule is CCN(c1ccccc1C)C(C)(CN)CCOC. The van der Waals surface area contributed by atoms with E-state index >= 15 is 0 Å². The summed E-state index contributed by atoms with van der Waals surface area (Å²) in [6.45, 7) is 8.83. The highest BCUT2D eigenvalue weighted by atomic mass is 16.5. The zero-order valence-electron chi connectivity index (χ0n) is 12.1. The Labute approximate surface area is 111 Å². The highest BCUT2D eigenvalue weighted by Gasteiger charge is 2.30. The molecule has 3 nitrogen and oxygen atoms in total. The minimum absolute atomic E-state index is 0.0587. The van der Waals surface area contributed by atoms with Crippen molar-refractivity contribution < 1.29 is 4.74 Å². The van der Waals surface area contributed by atoms with Crippen LogP contribution >= 0.6 is 0 Å². The molecule has 1 unspecified atom stereocenters. The van der Waals surface area contributed by atoms with Crippen molar-refractivity contribution in [3.05, 3.63) is 29.8 Å². The number of aryl methyl sites for hydroxylation is 1. The lowest BCUT2D eigenvalue weighted by Gasteiger charge is -2.42. The Morgan fingerprint density at radius 1 is 1.33 bits per heavy atom. The Kier molecular flexibility index (Phi) is 5.63. The van der Waals surface area contributed by atoms with E-state index < -0.39 is 0 Å². The van der Waals surface area contributed by atoms with Crippen molar-refractivity contribution in [1.82, 2.24) is 0 Å². The third kappa shape index (κ3) is 3.24. The molecule has 0 fully saturated rings. The molecule has 2 N–H and O–H groups in total. The van der Waals surface area contributed by atoms with Crippen LogP contribution in [-0.2, 0) is 4.74 Å². The molecule has 3 heteroatoms. The fourth-order valence-corrected chi connectivity index (χ4v) is 2.38. The van der Waals surface area contributed by atoms with Gasteiger partial charge in [-0.2, -0.15) is 0 Å². The first kappa shape index (κ1) is 15.0. The number of anilines is 1. The van der Waals surface area contributed by atoms with Crippen molar-refractivity contribution in [1.29, 1.82) is 0 Å². The molecule has 0 spiro atoms. The normalized spacial score (nSPS) is 14.3. The van der Waals surface area contributed by atoms with Crippen LogP contribution in [0.2, 0.25) is 0 Å². The molecule has 0 heterocycles. The van der Waals surface area contributed by atoms with Gasteiger partial charge in [-0.05, 0) is 38.8 Å².